The highest BCUT2D eigenvalue weighted by Gasteiger charge is 2.54. The number of likely N-dealkylation sites (N-methyl/N-ethyl adjacent to an activating group) is 1. The standard InChI is InChI=1S/C20H24N4O6/c1-2-21-15(25)10-22-16(26)12-30-17(27)11-24-18(28)20(23-19(24)29)9-5-7-13-6-3-4-8-14(13)20/h3-4,6,8H,2,5,7,9-12H2,1H3,(H,21,25)(H,22,26)(H,23,29)/t20-/m1/s1. The molecule has 1 fully saturated rings. The van der Waals surface area contributed by atoms with Gasteiger partial charge in [-0.15, -0.1) is 0 Å². The first-order chi connectivity index (χ1) is 14.4. The van der Waals surface area contributed by atoms with Gasteiger partial charge in [0.25, 0.3) is 11.8 Å². The average Bonchev–Trinajstić information content (AvgIpc) is 2.96. The summed E-state index contributed by atoms with van der Waals surface area (Å²) in [7, 11) is 0. The van der Waals surface area contributed by atoms with Crippen molar-refractivity contribution in [1.82, 2.24) is 20.9 Å². The summed E-state index contributed by atoms with van der Waals surface area (Å²) in [4.78, 5) is 61.4. The zero-order valence-corrected chi connectivity index (χ0v) is 16.7. The molecule has 3 rings (SSSR count). The van der Waals surface area contributed by atoms with Crippen LogP contribution in [0.1, 0.15) is 30.9 Å². The van der Waals surface area contributed by atoms with Crippen molar-refractivity contribution in [3.63, 3.8) is 0 Å². The van der Waals surface area contributed by atoms with E-state index < -0.39 is 42.5 Å². The van der Waals surface area contributed by atoms with E-state index in [-0.39, 0.29) is 12.5 Å². The zero-order valence-electron chi connectivity index (χ0n) is 16.7. The molecule has 30 heavy (non-hydrogen) atoms. The molecular weight excluding hydrogens is 392 g/mol. The van der Waals surface area contributed by atoms with Crippen LogP contribution in [0.25, 0.3) is 0 Å². The summed E-state index contributed by atoms with van der Waals surface area (Å²) < 4.78 is 4.84. The highest BCUT2D eigenvalue weighted by Crippen LogP contribution is 2.39. The Morgan fingerprint density at radius 3 is 2.70 bits per heavy atom. The fourth-order valence-corrected chi connectivity index (χ4v) is 3.77. The van der Waals surface area contributed by atoms with Gasteiger partial charge in [-0.25, -0.2) is 4.79 Å². The Morgan fingerprint density at radius 1 is 1.17 bits per heavy atom. The summed E-state index contributed by atoms with van der Waals surface area (Å²) in [6.07, 6.45) is 1.99. The molecule has 5 amide bonds. The summed E-state index contributed by atoms with van der Waals surface area (Å²) in [6.45, 7) is 0.724. The van der Waals surface area contributed by atoms with Gasteiger partial charge < -0.3 is 20.7 Å². The SMILES string of the molecule is CCNC(=O)CNC(=O)COC(=O)CN1C(=O)N[C@@]2(CCCc3ccccc32)C1=O. The number of nitrogens with one attached hydrogen (secondary N) is 3. The van der Waals surface area contributed by atoms with Gasteiger partial charge in [0, 0.05) is 6.54 Å². The molecule has 1 aliphatic carbocycles. The van der Waals surface area contributed by atoms with Gasteiger partial charge in [-0.2, -0.15) is 0 Å². The highest BCUT2D eigenvalue weighted by atomic mass is 16.5. The van der Waals surface area contributed by atoms with Crippen molar-refractivity contribution >= 4 is 29.7 Å². The van der Waals surface area contributed by atoms with E-state index in [0.717, 1.165) is 28.9 Å². The van der Waals surface area contributed by atoms with Gasteiger partial charge in [-0.3, -0.25) is 24.1 Å². The van der Waals surface area contributed by atoms with Crippen LogP contribution in [0.3, 0.4) is 0 Å². The zero-order chi connectivity index (χ0) is 21.7. The van der Waals surface area contributed by atoms with Crippen LogP contribution in [0.2, 0.25) is 0 Å². The second kappa shape index (κ2) is 8.93. The molecule has 0 saturated carbocycles. The lowest BCUT2D eigenvalue weighted by molar-refractivity contribution is -0.151. The number of urea groups is 1. The Hall–Kier alpha value is -3.43. The van der Waals surface area contributed by atoms with Crippen LogP contribution in [0, 0.1) is 0 Å². The molecule has 2 aliphatic rings. The van der Waals surface area contributed by atoms with Crippen LogP contribution in [0.4, 0.5) is 4.79 Å². The van der Waals surface area contributed by atoms with E-state index in [0.29, 0.717) is 13.0 Å². The third-order valence-corrected chi connectivity index (χ3v) is 5.12. The van der Waals surface area contributed by atoms with E-state index in [2.05, 4.69) is 16.0 Å². The van der Waals surface area contributed by atoms with Gasteiger partial charge in [-0.1, -0.05) is 24.3 Å². The van der Waals surface area contributed by atoms with E-state index in [1.54, 1.807) is 6.92 Å². The molecule has 1 atom stereocenters. The number of esters is 1. The molecule has 10 nitrogen and oxygen atoms in total. The van der Waals surface area contributed by atoms with Crippen molar-refractivity contribution in [2.45, 2.75) is 31.7 Å². The number of amides is 5. The number of hydrogen-bond donors (Lipinski definition) is 3. The van der Waals surface area contributed by atoms with Crippen molar-refractivity contribution in [3.05, 3.63) is 35.4 Å². The van der Waals surface area contributed by atoms with E-state index in [1.165, 1.54) is 0 Å². The number of hydrogen-bond acceptors (Lipinski definition) is 6. The molecule has 0 aromatic heterocycles. The lowest BCUT2D eigenvalue weighted by Crippen LogP contribution is -2.47. The number of fused-ring (bicyclic) bond motifs is 2. The predicted molar refractivity (Wildman–Crippen MR) is 104 cm³/mol. The minimum absolute atomic E-state index is 0.237. The molecule has 1 aromatic rings. The third-order valence-electron chi connectivity index (χ3n) is 5.12. The fourth-order valence-electron chi connectivity index (χ4n) is 3.77. The quantitative estimate of drug-likeness (QED) is 0.408. The molecule has 160 valence electrons. The normalized spacial score (nSPS) is 19.8. The first-order valence-corrected chi connectivity index (χ1v) is 9.79. The molecule has 1 spiro atoms. The number of rotatable bonds is 7. The van der Waals surface area contributed by atoms with Crippen molar-refractivity contribution in [1.29, 1.82) is 0 Å². The average molecular weight is 416 g/mol. The van der Waals surface area contributed by atoms with E-state index in [9.17, 15) is 24.0 Å². The number of carbonyl (C=O) groups excluding carboxylic acids is 5. The van der Waals surface area contributed by atoms with Crippen LogP contribution in [0.15, 0.2) is 24.3 Å². The fraction of sp³-hybridized carbons (Fsp3) is 0.450. The van der Waals surface area contributed by atoms with Crippen molar-refractivity contribution in [3.8, 4) is 0 Å². The Bertz CT molecular complexity index is 886. The second-order valence-electron chi connectivity index (χ2n) is 7.13. The maximum absolute atomic E-state index is 13.1. The lowest BCUT2D eigenvalue weighted by atomic mass is 9.76. The van der Waals surface area contributed by atoms with Crippen molar-refractivity contribution < 1.29 is 28.7 Å². The topological polar surface area (TPSA) is 134 Å². The molecule has 0 radical (unpaired) electrons. The van der Waals surface area contributed by atoms with Crippen molar-refractivity contribution in [2.24, 2.45) is 0 Å². The smallest absolute Gasteiger partial charge is 0.326 e. The molecule has 1 aromatic carbocycles. The molecule has 10 heteroatoms. The second-order valence-corrected chi connectivity index (χ2v) is 7.13. The van der Waals surface area contributed by atoms with Gasteiger partial charge in [0.05, 0.1) is 6.54 Å². The monoisotopic (exact) mass is 416 g/mol. The first-order valence-electron chi connectivity index (χ1n) is 9.79. The number of nitrogens with zero attached hydrogens (tertiary/aromatic N) is 1. The number of benzene rings is 1. The Kier molecular flexibility index (Phi) is 6.34. The molecule has 0 unspecified atom stereocenters. The van der Waals surface area contributed by atoms with E-state index >= 15 is 0 Å². The molecule has 1 saturated heterocycles. The van der Waals surface area contributed by atoms with Crippen LogP contribution in [0.5, 0.6) is 0 Å². The lowest BCUT2D eigenvalue weighted by Gasteiger charge is -2.33. The largest absolute Gasteiger partial charge is 0.454 e. The number of carbonyl (C=O) groups is 5. The summed E-state index contributed by atoms with van der Waals surface area (Å²) in [5.74, 6) is -2.43. The maximum atomic E-state index is 13.1. The molecular formula is C20H24N4O6. The number of aryl methyl sites for hydroxylation is 1. The van der Waals surface area contributed by atoms with E-state index in [4.69, 9.17) is 4.74 Å². The van der Waals surface area contributed by atoms with Gasteiger partial charge in [0.1, 0.15) is 12.1 Å². The maximum Gasteiger partial charge on any atom is 0.326 e. The summed E-state index contributed by atoms with van der Waals surface area (Å²) in [5.41, 5.74) is 0.566. The summed E-state index contributed by atoms with van der Waals surface area (Å²) in [6, 6.07) is 6.75. The van der Waals surface area contributed by atoms with Crippen LogP contribution >= 0.6 is 0 Å². The molecule has 0 bridgehead atoms. The van der Waals surface area contributed by atoms with Gasteiger partial charge in [-0.05, 0) is 37.3 Å². The van der Waals surface area contributed by atoms with Gasteiger partial charge in [0.2, 0.25) is 5.91 Å². The summed E-state index contributed by atoms with van der Waals surface area (Å²) >= 11 is 0. The highest BCUT2D eigenvalue weighted by molar-refractivity contribution is 6.09. The van der Waals surface area contributed by atoms with Crippen molar-refractivity contribution in [2.75, 3.05) is 26.2 Å². The molecule has 3 N–H and O–H groups in total. The van der Waals surface area contributed by atoms with E-state index in [1.807, 2.05) is 24.3 Å². The molecule has 1 heterocycles. The Morgan fingerprint density at radius 2 is 1.93 bits per heavy atom. The van der Waals surface area contributed by atoms with Gasteiger partial charge in [0.15, 0.2) is 6.61 Å². The van der Waals surface area contributed by atoms with Crippen LogP contribution in [-0.2, 0) is 35.9 Å². The number of ether oxygens (including phenoxy) is 1. The third kappa shape index (κ3) is 4.27. The minimum Gasteiger partial charge on any atom is -0.454 e. The van der Waals surface area contributed by atoms with Crippen LogP contribution < -0.4 is 16.0 Å². The number of imide groups is 1. The Labute approximate surface area is 173 Å². The minimum atomic E-state index is -1.17. The first kappa shape index (κ1) is 21.3. The molecule has 1 aliphatic heterocycles. The predicted octanol–water partition coefficient (Wildman–Crippen LogP) is -0.434. The van der Waals surface area contributed by atoms with Gasteiger partial charge >= 0.3 is 12.0 Å². The summed E-state index contributed by atoms with van der Waals surface area (Å²) in [5, 5.41) is 7.56. The Balaban J connectivity index is 1.57. The van der Waals surface area contributed by atoms with Crippen LogP contribution in [-0.4, -0.2) is 60.9 Å².